The molecule has 6 rings (SSSR count). The van der Waals surface area contributed by atoms with Crippen molar-refractivity contribution in [3.63, 3.8) is 0 Å². The van der Waals surface area contributed by atoms with Gasteiger partial charge in [0, 0.05) is 31.8 Å². The average Bonchev–Trinajstić information content (AvgIpc) is 3.43. The molecule has 13 nitrogen and oxygen atoms in total. The average molecular weight is 615 g/mol. The van der Waals surface area contributed by atoms with Gasteiger partial charge < -0.3 is 40.6 Å². The van der Waals surface area contributed by atoms with Gasteiger partial charge in [0.15, 0.2) is 0 Å². The molecule has 2 aliphatic rings. The second-order valence-electron chi connectivity index (χ2n) is 10.9. The normalized spacial score (nSPS) is 19.8. The van der Waals surface area contributed by atoms with Gasteiger partial charge in [0.05, 0.1) is 17.4 Å². The molecule has 2 aromatic carbocycles. The number of hydrogen-bond acceptors (Lipinski definition) is 8. The SMILES string of the molecule is C[C@@H]1NC(=O)[C@H]([C@@H](C)O)NC(=O)c2cc(ccc2O)Oc2ccc(cc2)C[C@@H](C(=O)NCCc2cn3ccccc3n2)NC1=O. The van der Waals surface area contributed by atoms with Crippen molar-refractivity contribution < 1.29 is 34.1 Å². The van der Waals surface area contributed by atoms with Gasteiger partial charge in [0.2, 0.25) is 17.7 Å². The smallest absolute Gasteiger partial charge is 0.255 e. The molecule has 4 atom stereocenters. The highest BCUT2D eigenvalue weighted by molar-refractivity contribution is 6.00. The van der Waals surface area contributed by atoms with E-state index in [9.17, 15) is 29.4 Å². The Hall–Kier alpha value is -5.43. The Bertz CT molecular complexity index is 1690. The molecular formula is C32H34N6O7. The van der Waals surface area contributed by atoms with Gasteiger partial charge in [-0.2, -0.15) is 0 Å². The van der Waals surface area contributed by atoms with E-state index >= 15 is 0 Å². The molecule has 4 amide bonds. The van der Waals surface area contributed by atoms with Crippen molar-refractivity contribution >= 4 is 29.3 Å². The molecule has 0 spiro atoms. The summed E-state index contributed by atoms with van der Waals surface area (Å²) in [7, 11) is 0. The molecule has 0 saturated heterocycles. The number of aliphatic hydroxyl groups is 1. The number of fused-ring (bicyclic) bond motifs is 12. The molecule has 13 heteroatoms. The van der Waals surface area contributed by atoms with Crippen molar-refractivity contribution in [1.29, 1.82) is 0 Å². The maximum atomic E-state index is 13.3. The number of hydrogen-bond donors (Lipinski definition) is 6. The third-order valence-corrected chi connectivity index (χ3v) is 7.34. The molecule has 0 fully saturated rings. The third-order valence-electron chi connectivity index (χ3n) is 7.34. The van der Waals surface area contributed by atoms with Crippen LogP contribution in [-0.2, 0) is 27.2 Å². The number of benzene rings is 2. The van der Waals surface area contributed by atoms with E-state index in [1.54, 1.807) is 24.3 Å². The first-order valence-electron chi connectivity index (χ1n) is 14.5. The molecule has 234 valence electrons. The molecule has 0 aliphatic carbocycles. The monoisotopic (exact) mass is 614 g/mol. The standard InChI is InChI=1S/C32H34N6O7/c1-18-29(41)36-25(31(43)33-13-12-21-17-38-14-4-3-5-27(38)35-21)15-20-6-8-22(9-7-20)45-23-10-11-26(40)24(16-23)30(42)37-28(19(2)39)32(44)34-18/h3-11,14,16-19,25,28,39-40H,12-13,15H2,1-2H3,(H,33,43)(H,34,44)(H,36,41)(H,37,42)/t18-,19+,25-,28-/m0/s1. The molecular weight excluding hydrogens is 580 g/mol. The first kappa shape index (κ1) is 31.0. The van der Waals surface area contributed by atoms with E-state index in [1.165, 1.54) is 32.0 Å². The van der Waals surface area contributed by atoms with Crippen LogP contribution in [0.5, 0.6) is 17.2 Å². The Kier molecular flexibility index (Phi) is 9.28. The van der Waals surface area contributed by atoms with Gasteiger partial charge in [-0.1, -0.05) is 18.2 Å². The van der Waals surface area contributed by atoms with Crippen LogP contribution in [0.4, 0.5) is 0 Å². The minimum atomic E-state index is -1.46. The second kappa shape index (κ2) is 13.5. The minimum Gasteiger partial charge on any atom is -0.507 e. The number of carbonyl (C=O) groups is 4. The van der Waals surface area contributed by atoms with E-state index in [1.807, 2.05) is 35.0 Å². The van der Waals surface area contributed by atoms with E-state index in [-0.39, 0.29) is 30.0 Å². The van der Waals surface area contributed by atoms with Gasteiger partial charge in [0.1, 0.15) is 41.0 Å². The maximum absolute atomic E-state index is 13.3. The van der Waals surface area contributed by atoms with Crippen LogP contribution >= 0.6 is 0 Å². The number of amides is 4. The fourth-order valence-electron chi connectivity index (χ4n) is 4.87. The van der Waals surface area contributed by atoms with E-state index < -0.39 is 47.9 Å². The Labute approximate surface area is 258 Å². The molecule has 4 aromatic rings. The zero-order valence-electron chi connectivity index (χ0n) is 24.7. The predicted molar refractivity (Wildman–Crippen MR) is 163 cm³/mol. The highest BCUT2D eigenvalue weighted by Crippen LogP contribution is 2.28. The topological polar surface area (TPSA) is 183 Å². The van der Waals surface area contributed by atoms with Gasteiger partial charge in [-0.05, 0) is 61.9 Å². The number of phenols is 1. The predicted octanol–water partition coefficient (Wildman–Crippen LogP) is 1.22. The van der Waals surface area contributed by atoms with Crippen LogP contribution < -0.4 is 26.0 Å². The summed E-state index contributed by atoms with van der Waals surface area (Å²) < 4.78 is 7.75. The summed E-state index contributed by atoms with van der Waals surface area (Å²) in [4.78, 5) is 57.2. The fraction of sp³-hybridized carbons (Fsp3) is 0.281. The lowest BCUT2D eigenvalue weighted by Gasteiger charge is -2.25. The zero-order chi connectivity index (χ0) is 32.1. The van der Waals surface area contributed by atoms with Crippen LogP contribution in [0.25, 0.3) is 5.65 Å². The molecule has 45 heavy (non-hydrogen) atoms. The number of imidazole rings is 1. The molecule has 0 saturated carbocycles. The summed E-state index contributed by atoms with van der Waals surface area (Å²) in [6.45, 7) is 3.00. The summed E-state index contributed by atoms with van der Waals surface area (Å²) >= 11 is 0. The molecule has 6 N–H and O–H groups in total. The third kappa shape index (κ3) is 7.57. The first-order chi connectivity index (χ1) is 21.6. The summed E-state index contributed by atoms with van der Waals surface area (Å²) in [5.74, 6) is -2.44. The van der Waals surface area contributed by atoms with Gasteiger partial charge in [-0.15, -0.1) is 0 Å². The lowest BCUT2D eigenvalue weighted by atomic mass is 10.0. The van der Waals surface area contributed by atoms with Gasteiger partial charge >= 0.3 is 0 Å². The van der Waals surface area contributed by atoms with Crippen molar-refractivity contribution in [3.8, 4) is 17.2 Å². The molecule has 2 aromatic heterocycles. The van der Waals surface area contributed by atoms with Crippen molar-refractivity contribution in [2.24, 2.45) is 0 Å². The summed E-state index contributed by atoms with van der Waals surface area (Å²) in [6.07, 6.45) is 3.04. The van der Waals surface area contributed by atoms with Gasteiger partial charge in [0.25, 0.3) is 5.91 Å². The van der Waals surface area contributed by atoms with Crippen molar-refractivity contribution in [1.82, 2.24) is 30.7 Å². The zero-order valence-corrected chi connectivity index (χ0v) is 24.7. The first-order valence-corrected chi connectivity index (χ1v) is 14.5. The number of nitrogens with zero attached hydrogens (tertiary/aromatic N) is 2. The lowest BCUT2D eigenvalue weighted by Crippen LogP contribution is -2.58. The number of aromatic hydroxyl groups is 1. The van der Waals surface area contributed by atoms with Gasteiger partial charge in [-0.3, -0.25) is 19.2 Å². The Morgan fingerprint density at radius 1 is 1.04 bits per heavy atom. The highest BCUT2D eigenvalue weighted by Gasteiger charge is 2.31. The molecule has 4 bridgehead atoms. The Morgan fingerprint density at radius 2 is 1.80 bits per heavy atom. The molecule has 0 radical (unpaired) electrons. The van der Waals surface area contributed by atoms with E-state index in [2.05, 4.69) is 26.3 Å². The number of aromatic nitrogens is 2. The van der Waals surface area contributed by atoms with Crippen molar-refractivity contribution in [2.45, 2.75) is 50.9 Å². The molecule has 2 aliphatic heterocycles. The van der Waals surface area contributed by atoms with E-state index in [0.717, 1.165) is 16.9 Å². The number of aliphatic hydroxyl groups excluding tert-OH is 1. The van der Waals surface area contributed by atoms with Crippen molar-refractivity contribution in [2.75, 3.05) is 6.54 Å². The Morgan fingerprint density at radius 3 is 2.53 bits per heavy atom. The number of nitrogens with one attached hydrogen (secondary N) is 4. The molecule has 4 heterocycles. The quantitative estimate of drug-likeness (QED) is 0.181. The number of ether oxygens (including phenoxy) is 1. The Balaban J connectivity index is 1.37. The minimum absolute atomic E-state index is 0.141. The lowest BCUT2D eigenvalue weighted by molar-refractivity contribution is -0.133. The van der Waals surface area contributed by atoms with Gasteiger partial charge in [-0.25, -0.2) is 4.98 Å². The van der Waals surface area contributed by atoms with Crippen LogP contribution in [0, 0.1) is 0 Å². The number of pyridine rings is 1. The summed E-state index contributed by atoms with van der Waals surface area (Å²) in [5, 5.41) is 31.0. The van der Waals surface area contributed by atoms with Crippen LogP contribution in [0.2, 0.25) is 0 Å². The molecule has 0 unspecified atom stereocenters. The van der Waals surface area contributed by atoms with Crippen LogP contribution in [0.1, 0.15) is 35.5 Å². The van der Waals surface area contributed by atoms with E-state index in [4.69, 9.17) is 4.74 Å². The second-order valence-corrected chi connectivity index (χ2v) is 10.9. The van der Waals surface area contributed by atoms with Crippen LogP contribution in [0.3, 0.4) is 0 Å². The number of phenolic OH excluding ortho intramolecular Hbond substituents is 1. The largest absolute Gasteiger partial charge is 0.507 e. The summed E-state index contributed by atoms with van der Waals surface area (Å²) in [5.41, 5.74) is 2.13. The van der Waals surface area contributed by atoms with Crippen molar-refractivity contribution in [3.05, 3.63) is 89.9 Å². The van der Waals surface area contributed by atoms with E-state index in [0.29, 0.717) is 12.2 Å². The fourth-order valence-corrected chi connectivity index (χ4v) is 4.87. The van der Waals surface area contributed by atoms with Crippen LogP contribution in [-0.4, -0.2) is 74.0 Å². The van der Waals surface area contributed by atoms with Crippen LogP contribution in [0.15, 0.2) is 73.1 Å². The maximum Gasteiger partial charge on any atom is 0.255 e. The summed E-state index contributed by atoms with van der Waals surface area (Å²) in [6, 6.07) is 13.0. The highest BCUT2D eigenvalue weighted by atomic mass is 16.5. The number of carbonyl (C=O) groups excluding carboxylic acids is 4. The number of rotatable bonds is 5.